The third-order valence-corrected chi connectivity index (χ3v) is 5.30. The lowest BCUT2D eigenvalue weighted by Crippen LogP contribution is -2.29. The zero-order chi connectivity index (χ0) is 19.3. The first kappa shape index (κ1) is 19.9. The molecule has 3 amide bonds. The lowest BCUT2D eigenvalue weighted by atomic mass is 9.94. The highest BCUT2D eigenvalue weighted by molar-refractivity contribution is 7.12. The smallest absolute Gasteiger partial charge is 0.323 e. The Balaban J connectivity index is 2.14. The average Bonchev–Trinajstić information content (AvgIpc) is 2.97. The Kier molecular flexibility index (Phi) is 6.39. The van der Waals surface area contributed by atoms with Crippen LogP contribution in [0.15, 0.2) is 30.3 Å². The fourth-order valence-corrected chi connectivity index (χ4v) is 3.32. The standard InChI is InChI=1S/C19H26N4O2S/c1-12-5-7-13(8-6-12)22-18(25)23-14-9-16(19(2,3)4)26-15(14)11-21-17(24)10-20/h5-9H,10-11,20H2,1-4H3,(H,21,24)(H2,22,23,25). The Morgan fingerprint density at radius 3 is 2.35 bits per heavy atom. The van der Waals surface area contributed by atoms with Crippen LogP contribution < -0.4 is 21.7 Å². The van der Waals surface area contributed by atoms with E-state index in [-0.39, 0.29) is 23.9 Å². The van der Waals surface area contributed by atoms with Crippen molar-refractivity contribution in [2.75, 3.05) is 17.2 Å². The van der Waals surface area contributed by atoms with Crippen LogP contribution in [0.25, 0.3) is 0 Å². The van der Waals surface area contributed by atoms with Crippen LogP contribution in [0, 0.1) is 6.92 Å². The molecule has 1 aromatic carbocycles. The van der Waals surface area contributed by atoms with Gasteiger partial charge in [-0.2, -0.15) is 0 Å². The number of rotatable bonds is 5. The number of nitrogens with one attached hydrogen (secondary N) is 3. The predicted octanol–water partition coefficient (Wildman–Crippen LogP) is 3.57. The SMILES string of the molecule is Cc1ccc(NC(=O)Nc2cc(C(C)(C)C)sc2CNC(=O)CN)cc1. The van der Waals surface area contributed by atoms with Gasteiger partial charge in [0.15, 0.2) is 0 Å². The van der Waals surface area contributed by atoms with Gasteiger partial charge in [-0.1, -0.05) is 38.5 Å². The van der Waals surface area contributed by atoms with Gasteiger partial charge in [0.05, 0.1) is 18.8 Å². The molecule has 2 aromatic rings. The summed E-state index contributed by atoms with van der Waals surface area (Å²) in [5.74, 6) is -0.231. The largest absolute Gasteiger partial charge is 0.350 e. The number of carbonyl (C=O) groups is 2. The van der Waals surface area contributed by atoms with Gasteiger partial charge in [-0.05, 0) is 30.5 Å². The van der Waals surface area contributed by atoms with Crippen LogP contribution in [0.2, 0.25) is 0 Å². The van der Waals surface area contributed by atoms with Crippen molar-refractivity contribution in [3.8, 4) is 0 Å². The van der Waals surface area contributed by atoms with Crippen molar-refractivity contribution in [3.05, 3.63) is 45.6 Å². The van der Waals surface area contributed by atoms with E-state index in [9.17, 15) is 9.59 Å². The minimum atomic E-state index is -0.321. The fraction of sp³-hybridized carbons (Fsp3) is 0.368. The van der Waals surface area contributed by atoms with Crippen molar-refractivity contribution in [2.45, 2.75) is 39.7 Å². The number of carbonyl (C=O) groups excluding carboxylic acids is 2. The molecule has 0 aliphatic rings. The number of aryl methyl sites for hydroxylation is 1. The third-order valence-electron chi connectivity index (χ3n) is 3.74. The van der Waals surface area contributed by atoms with E-state index >= 15 is 0 Å². The molecule has 0 saturated carbocycles. The van der Waals surface area contributed by atoms with Gasteiger partial charge in [-0.15, -0.1) is 11.3 Å². The molecule has 0 atom stereocenters. The molecule has 140 valence electrons. The molecule has 6 nitrogen and oxygen atoms in total. The van der Waals surface area contributed by atoms with Crippen LogP contribution >= 0.6 is 11.3 Å². The Labute approximate surface area is 158 Å². The van der Waals surface area contributed by atoms with E-state index in [4.69, 9.17) is 5.73 Å². The molecule has 0 saturated heterocycles. The molecule has 0 radical (unpaired) electrons. The summed E-state index contributed by atoms with van der Waals surface area (Å²) in [6.45, 7) is 8.59. The van der Waals surface area contributed by atoms with Crippen LogP contribution in [0.1, 0.15) is 36.1 Å². The van der Waals surface area contributed by atoms with E-state index in [0.29, 0.717) is 12.2 Å². The van der Waals surface area contributed by atoms with Crippen molar-refractivity contribution in [1.82, 2.24) is 5.32 Å². The molecule has 0 aliphatic heterocycles. The average molecular weight is 375 g/mol. The van der Waals surface area contributed by atoms with Crippen molar-refractivity contribution in [3.63, 3.8) is 0 Å². The van der Waals surface area contributed by atoms with Crippen LogP contribution in [-0.4, -0.2) is 18.5 Å². The van der Waals surface area contributed by atoms with Crippen molar-refractivity contribution in [1.29, 1.82) is 0 Å². The lowest BCUT2D eigenvalue weighted by molar-refractivity contribution is -0.119. The number of amides is 3. The molecule has 2 rings (SSSR count). The van der Waals surface area contributed by atoms with E-state index in [1.165, 1.54) is 0 Å². The van der Waals surface area contributed by atoms with Crippen LogP contribution in [-0.2, 0) is 16.8 Å². The molecular weight excluding hydrogens is 348 g/mol. The molecule has 7 heteroatoms. The van der Waals surface area contributed by atoms with Gasteiger partial charge in [0.25, 0.3) is 0 Å². The quantitative estimate of drug-likeness (QED) is 0.644. The lowest BCUT2D eigenvalue weighted by Gasteiger charge is -2.15. The number of anilines is 2. The highest BCUT2D eigenvalue weighted by atomic mass is 32.1. The Morgan fingerprint density at radius 1 is 1.12 bits per heavy atom. The molecule has 26 heavy (non-hydrogen) atoms. The second-order valence-electron chi connectivity index (χ2n) is 7.12. The zero-order valence-electron chi connectivity index (χ0n) is 15.6. The van der Waals surface area contributed by atoms with Crippen molar-refractivity contribution < 1.29 is 9.59 Å². The molecule has 1 aromatic heterocycles. The minimum Gasteiger partial charge on any atom is -0.350 e. The first-order valence-corrected chi connectivity index (χ1v) is 9.25. The first-order chi connectivity index (χ1) is 12.2. The summed E-state index contributed by atoms with van der Waals surface area (Å²) >= 11 is 1.57. The zero-order valence-corrected chi connectivity index (χ0v) is 16.4. The Bertz CT molecular complexity index is 776. The Morgan fingerprint density at radius 2 is 1.77 bits per heavy atom. The third kappa shape index (κ3) is 5.57. The number of urea groups is 1. The normalized spacial score (nSPS) is 11.1. The van der Waals surface area contributed by atoms with Gasteiger partial charge >= 0.3 is 6.03 Å². The molecule has 0 bridgehead atoms. The number of nitrogens with two attached hydrogens (primary N) is 1. The maximum Gasteiger partial charge on any atom is 0.323 e. The maximum absolute atomic E-state index is 12.3. The van der Waals surface area contributed by atoms with Gasteiger partial charge in [-0.3, -0.25) is 4.79 Å². The molecular formula is C19H26N4O2S. The number of hydrogen-bond donors (Lipinski definition) is 4. The molecule has 0 fully saturated rings. The Hall–Kier alpha value is -2.38. The maximum atomic E-state index is 12.3. The van der Waals surface area contributed by atoms with E-state index in [2.05, 4.69) is 36.7 Å². The van der Waals surface area contributed by atoms with E-state index in [0.717, 1.165) is 21.0 Å². The summed E-state index contributed by atoms with van der Waals surface area (Å²) in [5, 5.41) is 8.46. The fourth-order valence-electron chi connectivity index (χ4n) is 2.21. The minimum absolute atomic E-state index is 0.0509. The van der Waals surface area contributed by atoms with Crippen LogP contribution in [0.3, 0.4) is 0 Å². The number of thiophene rings is 1. The van der Waals surface area contributed by atoms with E-state index < -0.39 is 0 Å². The summed E-state index contributed by atoms with van der Waals surface area (Å²) in [6, 6.07) is 9.22. The van der Waals surface area contributed by atoms with Crippen molar-refractivity contribution in [2.24, 2.45) is 5.73 Å². The topological polar surface area (TPSA) is 96.2 Å². The molecule has 1 heterocycles. The summed E-state index contributed by atoms with van der Waals surface area (Å²) in [7, 11) is 0. The summed E-state index contributed by atoms with van der Waals surface area (Å²) in [6.07, 6.45) is 0. The highest BCUT2D eigenvalue weighted by Crippen LogP contribution is 2.35. The second kappa shape index (κ2) is 8.33. The van der Waals surface area contributed by atoms with Crippen LogP contribution in [0.5, 0.6) is 0 Å². The molecule has 0 spiro atoms. The summed E-state index contributed by atoms with van der Waals surface area (Å²) in [5.41, 5.74) is 7.83. The van der Waals surface area contributed by atoms with Gasteiger partial charge < -0.3 is 21.7 Å². The van der Waals surface area contributed by atoms with Gasteiger partial charge in [0.1, 0.15) is 0 Å². The highest BCUT2D eigenvalue weighted by Gasteiger charge is 2.21. The second-order valence-corrected chi connectivity index (χ2v) is 8.26. The summed E-state index contributed by atoms with van der Waals surface area (Å²) in [4.78, 5) is 25.8. The van der Waals surface area contributed by atoms with Gasteiger partial charge in [-0.25, -0.2) is 4.79 Å². The van der Waals surface area contributed by atoms with E-state index in [1.807, 2.05) is 37.3 Å². The number of benzene rings is 1. The monoisotopic (exact) mass is 374 g/mol. The van der Waals surface area contributed by atoms with Crippen LogP contribution in [0.4, 0.5) is 16.2 Å². The van der Waals surface area contributed by atoms with Crippen molar-refractivity contribution >= 4 is 34.6 Å². The summed E-state index contributed by atoms with van der Waals surface area (Å²) < 4.78 is 0. The van der Waals surface area contributed by atoms with E-state index in [1.54, 1.807) is 11.3 Å². The molecule has 0 unspecified atom stereocenters. The van der Waals surface area contributed by atoms with Gasteiger partial charge in [0, 0.05) is 15.4 Å². The number of hydrogen-bond acceptors (Lipinski definition) is 4. The van der Waals surface area contributed by atoms with Gasteiger partial charge in [0.2, 0.25) is 5.91 Å². The first-order valence-electron chi connectivity index (χ1n) is 8.43. The molecule has 5 N–H and O–H groups in total. The molecule has 0 aliphatic carbocycles. The predicted molar refractivity (Wildman–Crippen MR) is 108 cm³/mol.